The molecule has 0 heterocycles. The third-order valence-electron chi connectivity index (χ3n) is 3.48. The second kappa shape index (κ2) is 5.89. The minimum atomic E-state index is 0.675. The van der Waals surface area contributed by atoms with E-state index in [2.05, 4.69) is 43.3 Å². The summed E-state index contributed by atoms with van der Waals surface area (Å²) < 4.78 is 0. The van der Waals surface area contributed by atoms with Crippen LogP contribution in [-0.2, 0) is 6.42 Å². The third kappa shape index (κ3) is 2.98. The van der Waals surface area contributed by atoms with Crippen molar-refractivity contribution in [2.24, 2.45) is 0 Å². The largest absolute Gasteiger partial charge is 0.0879 e. The molecule has 1 atom stereocenters. The van der Waals surface area contributed by atoms with Crippen molar-refractivity contribution in [3.05, 3.63) is 47.5 Å². The Hall–Kier alpha value is -1.04. The zero-order valence-electron chi connectivity index (χ0n) is 10.3. The Kier molecular flexibility index (Phi) is 4.21. The predicted octanol–water partition coefficient (Wildman–Crippen LogP) is 4.85. The number of benzene rings is 1. The van der Waals surface area contributed by atoms with Crippen LogP contribution in [0, 0.1) is 0 Å². The Bertz CT molecular complexity index is 332. The van der Waals surface area contributed by atoms with E-state index in [-0.39, 0.29) is 0 Å². The molecule has 0 aromatic heterocycles. The molecule has 0 amide bonds. The van der Waals surface area contributed by atoms with E-state index in [1.165, 1.54) is 49.7 Å². The van der Waals surface area contributed by atoms with Crippen LogP contribution in [0.25, 0.3) is 0 Å². The van der Waals surface area contributed by atoms with Crippen LogP contribution in [-0.4, -0.2) is 0 Å². The van der Waals surface area contributed by atoms with Gasteiger partial charge in [-0.1, -0.05) is 49.8 Å². The monoisotopic (exact) mass is 214 g/mol. The standard InChI is InChI=1S/C16H22/c1-2-3-7-14-10-12-16(13-11-14)15-8-5-4-6-9-15/h5,8,10-13,15H,2-4,6-7,9H2,1H3. The lowest BCUT2D eigenvalue weighted by molar-refractivity contribution is 0.654. The highest BCUT2D eigenvalue weighted by Crippen LogP contribution is 2.27. The molecular weight excluding hydrogens is 192 g/mol. The van der Waals surface area contributed by atoms with Crippen LogP contribution >= 0.6 is 0 Å². The molecular formula is C16H22. The van der Waals surface area contributed by atoms with E-state index in [9.17, 15) is 0 Å². The van der Waals surface area contributed by atoms with Gasteiger partial charge in [0.1, 0.15) is 0 Å². The average Bonchev–Trinajstić information content (AvgIpc) is 2.38. The molecule has 0 heteroatoms. The normalized spacial score (nSPS) is 19.9. The second-order valence-electron chi connectivity index (χ2n) is 4.81. The molecule has 0 saturated heterocycles. The van der Waals surface area contributed by atoms with Crippen molar-refractivity contribution in [2.45, 2.75) is 51.4 Å². The van der Waals surface area contributed by atoms with E-state index in [4.69, 9.17) is 0 Å². The molecule has 1 aromatic rings. The molecule has 0 N–H and O–H groups in total. The van der Waals surface area contributed by atoms with Gasteiger partial charge in [0.15, 0.2) is 0 Å². The smallest absolute Gasteiger partial charge is 0.00180 e. The molecule has 1 aromatic carbocycles. The number of rotatable bonds is 4. The first kappa shape index (κ1) is 11.4. The van der Waals surface area contributed by atoms with Gasteiger partial charge in [0.25, 0.3) is 0 Å². The van der Waals surface area contributed by atoms with Gasteiger partial charge in [-0.2, -0.15) is 0 Å². The highest BCUT2D eigenvalue weighted by Gasteiger charge is 2.10. The van der Waals surface area contributed by atoms with Crippen molar-refractivity contribution < 1.29 is 0 Å². The second-order valence-corrected chi connectivity index (χ2v) is 4.81. The SMILES string of the molecule is CCCCc1ccc(C2C=CCCC2)cc1. The Morgan fingerprint density at radius 3 is 2.62 bits per heavy atom. The molecule has 86 valence electrons. The highest BCUT2D eigenvalue weighted by molar-refractivity contribution is 5.28. The number of aryl methyl sites for hydroxylation is 1. The molecule has 16 heavy (non-hydrogen) atoms. The maximum atomic E-state index is 2.38. The van der Waals surface area contributed by atoms with Crippen molar-refractivity contribution in [1.82, 2.24) is 0 Å². The Balaban J connectivity index is 2.00. The molecule has 0 spiro atoms. The molecule has 0 aliphatic heterocycles. The summed E-state index contributed by atoms with van der Waals surface area (Å²) >= 11 is 0. The number of unbranched alkanes of at least 4 members (excludes halogenated alkanes) is 1. The molecule has 0 nitrogen and oxygen atoms in total. The summed E-state index contributed by atoms with van der Waals surface area (Å²) in [5, 5.41) is 0. The number of allylic oxidation sites excluding steroid dienone is 2. The summed E-state index contributed by atoms with van der Waals surface area (Å²) in [5.74, 6) is 0.675. The fourth-order valence-corrected chi connectivity index (χ4v) is 2.40. The van der Waals surface area contributed by atoms with E-state index < -0.39 is 0 Å². The van der Waals surface area contributed by atoms with Crippen LogP contribution in [0.15, 0.2) is 36.4 Å². The number of hydrogen-bond donors (Lipinski definition) is 0. The lowest BCUT2D eigenvalue weighted by Crippen LogP contribution is -1.99. The van der Waals surface area contributed by atoms with E-state index in [0.717, 1.165) is 0 Å². The van der Waals surface area contributed by atoms with Crippen molar-refractivity contribution >= 4 is 0 Å². The quantitative estimate of drug-likeness (QED) is 0.628. The van der Waals surface area contributed by atoms with Gasteiger partial charge in [-0.15, -0.1) is 0 Å². The fraction of sp³-hybridized carbons (Fsp3) is 0.500. The van der Waals surface area contributed by atoms with E-state index in [1.54, 1.807) is 0 Å². The summed E-state index contributed by atoms with van der Waals surface area (Å²) in [7, 11) is 0. The van der Waals surface area contributed by atoms with Crippen LogP contribution in [0.2, 0.25) is 0 Å². The fourth-order valence-electron chi connectivity index (χ4n) is 2.40. The molecule has 0 radical (unpaired) electrons. The summed E-state index contributed by atoms with van der Waals surface area (Å²) in [6.07, 6.45) is 12.5. The van der Waals surface area contributed by atoms with Crippen LogP contribution < -0.4 is 0 Å². The van der Waals surface area contributed by atoms with Gasteiger partial charge in [-0.25, -0.2) is 0 Å². The summed E-state index contributed by atoms with van der Waals surface area (Å²) in [6.45, 7) is 2.25. The van der Waals surface area contributed by atoms with Gasteiger partial charge in [0, 0.05) is 5.92 Å². The van der Waals surface area contributed by atoms with Gasteiger partial charge in [-0.3, -0.25) is 0 Å². The lowest BCUT2D eigenvalue weighted by atomic mass is 9.89. The maximum absolute atomic E-state index is 2.38. The highest BCUT2D eigenvalue weighted by atomic mass is 14.1. The summed E-state index contributed by atoms with van der Waals surface area (Å²) in [4.78, 5) is 0. The predicted molar refractivity (Wildman–Crippen MR) is 70.8 cm³/mol. The van der Waals surface area contributed by atoms with E-state index in [1.807, 2.05) is 0 Å². The minimum absolute atomic E-state index is 0.675. The Morgan fingerprint density at radius 2 is 2.00 bits per heavy atom. The molecule has 2 rings (SSSR count). The van der Waals surface area contributed by atoms with E-state index in [0.29, 0.717) is 5.92 Å². The van der Waals surface area contributed by atoms with Crippen LogP contribution in [0.3, 0.4) is 0 Å². The average molecular weight is 214 g/mol. The van der Waals surface area contributed by atoms with Crippen LogP contribution in [0.5, 0.6) is 0 Å². The van der Waals surface area contributed by atoms with Gasteiger partial charge in [0.2, 0.25) is 0 Å². The van der Waals surface area contributed by atoms with Crippen molar-refractivity contribution in [3.8, 4) is 0 Å². The van der Waals surface area contributed by atoms with Crippen molar-refractivity contribution in [2.75, 3.05) is 0 Å². The van der Waals surface area contributed by atoms with Gasteiger partial charge in [-0.05, 0) is 43.2 Å². The lowest BCUT2D eigenvalue weighted by Gasteiger charge is -2.16. The van der Waals surface area contributed by atoms with Gasteiger partial charge >= 0.3 is 0 Å². The first-order chi connectivity index (χ1) is 7.90. The van der Waals surface area contributed by atoms with Crippen molar-refractivity contribution in [1.29, 1.82) is 0 Å². The summed E-state index contributed by atoms with van der Waals surface area (Å²) in [6, 6.07) is 9.28. The third-order valence-corrected chi connectivity index (χ3v) is 3.48. The molecule has 0 saturated carbocycles. The number of hydrogen-bond acceptors (Lipinski definition) is 0. The van der Waals surface area contributed by atoms with Crippen molar-refractivity contribution in [3.63, 3.8) is 0 Å². The minimum Gasteiger partial charge on any atom is -0.0879 e. The molecule has 1 aliphatic rings. The zero-order chi connectivity index (χ0) is 11.2. The zero-order valence-corrected chi connectivity index (χ0v) is 10.3. The summed E-state index contributed by atoms with van der Waals surface area (Å²) in [5.41, 5.74) is 2.99. The molecule has 1 aliphatic carbocycles. The van der Waals surface area contributed by atoms with Gasteiger partial charge < -0.3 is 0 Å². The first-order valence-electron chi connectivity index (χ1n) is 6.65. The molecule has 1 unspecified atom stereocenters. The van der Waals surface area contributed by atoms with Gasteiger partial charge in [0.05, 0.1) is 0 Å². The molecule has 0 fully saturated rings. The molecule has 0 bridgehead atoms. The van der Waals surface area contributed by atoms with Crippen LogP contribution in [0.4, 0.5) is 0 Å². The maximum Gasteiger partial charge on any atom is 0.00180 e. The van der Waals surface area contributed by atoms with E-state index >= 15 is 0 Å². The van der Waals surface area contributed by atoms with Crippen LogP contribution in [0.1, 0.15) is 56.1 Å². The Labute approximate surface area is 99.4 Å². The topological polar surface area (TPSA) is 0 Å². The Morgan fingerprint density at radius 1 is 1.19 bits per heavy atom. The first-order valence-corrected chi connectivity index (χ1v) is 6.65.